The first kappa shape index (κ1) is 89.2. The van der Waals surface area contributed by atoms with Crippen LogP contribution in [0.15, 0.2) is 455 Å². The quantitative estimate of drug-likeness (QED) is 0.110. The van der Waals surface area contributed by atoms with Crippen LogP contribution in [0.2, 0.25) is 0 Å². The van der Waals surface area contributed by atoms with Gasteiger partial charge in [0.2, 0.25) is 0 Å². The highest BCUT2D eigenvalue weighted by Crippen LogP contribution is 2.50. The van der Waals surface area contributed by atoms with Crippen molar-refractivity contribution < 1.29 is 0 Å². The second-order valence-electron chi connectivity index (χ2n) is 36.7. The number of nitriles is 6. The van der Waals surface area contributed by atoms with Crippen LogP contribution in [0.3, 0.4) is 0 Å². The third kappa shape index (κ3) is 14.6. The molecule has 0 amide bonds. The second kappa shape index (κ2) is 37.0. The van der Waals surface area contributed by atoms with Crippen molar-refractivity contribution in [1.82, 2.24) is 27.4 Å². The summed E-state index contributed by atoms with van der Waals surface area (Å²) in [5.74, 6) is 0. The van der Waals surface area contributed by atoms with Gasteiger partial charge in [0.05, 0.1) is 173 Å². The molecule has 6 aromatic heterocycles. The van der Waals surface area contributed by atoms with Crippen LogP contribution in [0.1, 0.15) is 33.4 Å². The van der Waals surface area contributed by atoms with Crippen LogP contribution in [0, 0.1) is 87.7 Å². The summed E-state index contributed by atoms with van der Waals surface area (Å²) in [5, 5.41) is 75.8. The lowest BCUT2D eigenvalue weighted by Gasteiger charge is -2.19. The van der Waals surface area contributed by atoms with Crippen LogP contribution in [-0.4, -0.2) is 27.4 Å². The maximum atomic E-state index is 10.6. The number of hydrogen-bond acceptors (Lipinski definition) is 6. The lowest BCUT2D eigenvalue weighted by molar-refractivity contribution is 1.17. The van der Waals surface area contributed by atoms with Crippen LogP contribution in [0.4, 0.5) is 17.1 Å². The first-order chi connectivity index (χ1) is 74.1. The van der Waals surface area contributed by atoms with Crippen molar-refractivity contribution in [3.8, 4) is 137 Å². The minimum absolute atomic E-state index is 0.504. The van der Waals surface area contributed by atoms with E-state index in [9.17, 15) is 31.6 Å². The second-order valence-corrected chi connectivity index (χ2v) is 36.7. The number of fused-ring (bicyclic) bond motifs is 18. The van der Waals surface area contributed by atoms with Gasteiger partial charge in [0, 0.05) is 93.4 Å². The van der Waals surface area contributed by atoms with E-state index in [0.717, 1.165) is 210 Å². The van der Waals surface area contributed by atoms with E-state index in [0.29, 0.717) is 50.4 Å². The summed E-state index contributed by atoms with van der Waals surface area (Å²) in [6, 6.07) is 166. The van der Waals surface area contributed by atoms with Gasteiger partial charge < -0.3 is 27.4 Å². The van der Waals surface area contributed by atoms with Gasteiger partial charge in [-0.2, -0.15) is 31.6 Å². The molecule has 0 bridgehead atoms. The molecule has 21 aromatic carbocycles. The molecular formula is C135H75N15. The maximum Gasteiger partial charge on any atom is 0.188 e. The SMILES string of the molecule is [C-]#[N+]c1ccc2c(c1)c1ccccc1n2-c1cccc(C#N)c1-c1ccc(C#N)cc1-c1ccc(-n2c3ccccc3c3ccccc32)cc1.[C-]#[N+]c1ccc2c(c1)c1ccccc1n2-c1cccc(C#N)c1-c1cccc(C#N)c1-c1ccc(-n2c3ccccc3c3ccccc32)cc1.[C-]#[N+]c1ccc2c(c1)c1ccccc1n2-c1cccc(C#N)c1-c1ccccc1-c1ccc(-n2c3ccccc3c3ccccc32)cc1C#N. The van der Waals surface area contributed by atoms with E-state index in [2.05, 4.69) is 303 Å². The molecule has 0 aliphatic heterocycles. The predicted octanol–water partition coefficient (Wildman–Crippen LogP) is 34.5. The molecule has 27 aromatic rings. The number of para-hydroxylation sites is 9. The van der Waals surface area contributed by atoms with Crippen LogP contribution in [0.5, 0.6) is 0 Å². The zero-order chi connectivity index (χ0) is 101. The molecule has 27 rings (SSSR count). The van der Waals surface area contributed by atoms with E-state index in [4.69, 9.17) is 19.7 Å². The zero-order valence-corrected chi connectivity index (χ0v) is 80.0. The lowest BCUT2D eigenvalue weighted by Crippen LogP contribution is -2.01. The summed E-state index contributed by atoms with van der Waals surface area (Å²) in [4.78, 5) is 11.1. The lowest BCUT2D eigenvalue weighted by atomic mass is 9.88. The van der Waals surface area contributed by atoms with Crippen molar-refractivity contribution in [3.05, 3.63) is 523 Å². The minimum atomic E-state index is 0.504. The van der Waals surface area contributed by atoms with Gasteiger partial charge in [-0.3, -0.25) is 0 Å². The van der Waals surface area contributed by atoms with Crippen molar-refractivity contribution >= 4 is 148 Å². The minimum Gasteiger partial charge on any atom is -0.309 e. The Morgan fingerprint density at radius 1 is 0.167 bits per heavy atom. The van der Waals surface area contributed by atoms with Crippen molar-refractivity contribution in [3.63, 3.8) is 0 Å². The van der Waals surface area contributed by atoms with E-state index in [1.807, 2.05) is 231 Å². The Balaban J connectivity index is 0.000000116. The van der Waals surface area contributed by atoms with E-state index in [1.165, 1.54) is 21.5 Å². The van der Waals surface area contributed by atoms with Crippen LogP contribution in [0.25, 0.3) is 246 Å². The molecule has 0 saturated heterocycles. The summed E-state index contributed by atoms with van der Waals surface area (Å²) >= 11 is 0. The fourth-order valence-electron chi connectivity index (χ4n) is 22.5. The molecule has 0 N–H and O–H groups in total. The predicted molar refractivity (Wildman–Crippen MR) is 605 cm³/mol. The summed E-state index contributed by atoms with van der Waals surface area (Å²) in [6.07, 6.45) is 0. The monoisotopic (exact) mass is 1910 g/mol. The highest BCUT2D eigenvalue weighted by Gasteiger charge is 2.29. The molecule has 0 spiro atoms. The summed E-state index contributed by atoms with van der Waals surface area (Å²) in [6.45, 7) is 22.9. The Labute approximate surface area is 860 Å². The van der Waals surface area contributed by atoms with E-state index in [-0.39, 0.29) is 0 Å². The molecule has 0 atom stereocenters. The zero-order valence-electron chi connectivity index (χ0n) is 80.0. The highest BCUT2D eigenvalue weighted by atomic mass is 15.0. The number of aromatic nitrogens is 6. The van der Waals surface area contributed by atoms with Crippen LogP contribution < -0.4 is 0 Å². The first-order valence-corrected chi connectivity index (χ1v) is 48.8. The highest BCUT2D eigenvalue weighted by molar-refractivity contribution is 6.17. The molecule has 0 aliphatic rings. The van der Waals surface area contributed by atoms with E-state index in [1.54, 1.807) is 0 Å². The van der Waals surface area contributed by atoms with Gasteiger partial charge in [0.1, 0.15) is 0 Å². The molecular weight excluding hydrogens is 1830 g/mol. The summed E-state index contributed by atoms with van der Waals surface area (Å²) in [7, 11) is 0. The van der Waals surface area contributed by atoms with Crippen LogP contribution in [-0.2, 0) is 0 Å². The van der Waals surface area contributed by atoms with E-state index < -0.39 is 0 Å². The number of rotatable bonds is 12. The number of hydrogen-bond donors (Lipinski definition) is 0. The third-order valence-corrected chi connectivity index (χ3v) is 28.9. The molecule has 0 fully saturated rings. The molecule has 150 heavy (non-hydrogen) atoms. The Morgan fingerprint density at radius 3 is 0.780 bits per heavy atom. The third-order valence-electron chi connectivity index (χ3n) is 28.9. The molecule has 15 nitrogen and oxygen atoms in total. The van der Waals surface area contributed by atoms with Crippen molar-refractivity contribution in [1.29, 1.82) is 31.6 Å². The van der Waals surface area contributed by atoms with Crippen LogP contribution >= 0.6 is 0 Å². The van der Waals surface area contributed by atoms with E-state index >= 15 is 0 Å². The first-order valence-electron chi connectivity index (χ1n) is 48.8. The topological polar surface area (TPSA) is 185 Å². The van der Waals surface area contributed by atoms with Crippen molar-refractivity contribution in [2.24, 2.45) is 0 Å². The Bertz CT molecular complexity index is 10700. The Morgan fingerprint density at radius 2 is 0.433 bits per heavy atom. The molecule has 6 heterocycles. The van der Waals surface area contributed by atoms with Gasteiger partial charge in [0.15, 0.2) is 17.1 Å². The average molecular weight is 1910 g/mol. The van der Waals surface area contributed by atoms with Crippen molar-refractivity contribution in [2.75, 3.05) is 0 Å². The van der Waals surface area contributed by atoms with Gasteiger partial charge in [-0.05, 0) is 237 Å². The fraction of sp³-hybridized carbons (Fsp3) is 0. The molecule has 15 heteroatoms. The molecule has 0 aliphatic carbocycles. The number of benzene rings is 21. The molecule has 0 saturated carbocycles. The molecule has 0 radical (unpaired) electrons. The Hall–Kier alpha value is -22.2. The number of nitrogens with zero attached hydrogens (tertiary/aromatic N) is 15. The van der Waals surface area contributed by atoms with Gasteiger partial charge in [0.25, 0.3) is 0 Å². The van der Waals surface area contributed by atoms with Gasteiger partial charge in [-0.25, -0.2) is 14.5 Å². The van der Waals surface area contributed by atoms with Crippen molar-refractivity contribution in [2.45, 2.75) is 0 Å². The Kier molecular flexibility index (Phi) is 22.0. The summed E-state index contributed by atoms with van der Waals surface area (Å²) < 4.78 is 13.3. The van der Waals surface area contributed by atoms with Gasteiger partial charge in [-0.1, -0.05) is 273 Å². The largest absolute Gasteiger partial charge is 0.309 e. The fourth-order valence-corrected chi connectivity index (χ4v) is 22.5. The molecule has 0 unspecified atom stereocenters. The molecule has 690 valence electrons. The smallest absolute Gasteiger partial charge is 0.188 e. The normalized spacial score (nSPS) is 11.1. The summed E-state index contributed by atoms with van der Waals surface area (Å²) in [5.41, 5.74) is 32.6. The average Bonchev–Trinajstić information content (AvgIpc) is 1.66. The maximum absolute atomic E-state index is 10.6. The standard InChI is InChI=1S/3C45H25N5/c1-48-32-22-25-42-38(26-32)36-14-4-7-18-41(36)50(42)43-19-9-11-31(28-47)45(43)37-15-8-10-30(27-46)44(37)29-20-23-33(24-21-29)49-39-16-5-2-12-34(39)35-13-3-6-17-40(35)49;1-48-32-20-24-43-39(26-32)36-12-4-7-15-42(36)50(43)44-16-8-9-31(28-47)45(44)37-23-17-29(27-46)25-38(37)30-18-21-33(22-19-30)49-40-13-5-2-10-34(40)35-11-3-6-14-41(35)49;1-48-31-21-24-43-39(26-31)37-15-6-9-19-42(37)50(43)44-20-10-11-29(27-46)45(44)38-16-3-2-12-34(38)33-23-22-32(25-30(33)28-47)49-40-17-7-4-13-35(40)36-14-5-8-18-41(36)49/h3*2-26H. The van der Waals surface area contributed by atoms with Gasteiger partial charge >= 0.3 is 0 Å². The van der Waals surface area contributed by atoms with Gasteiger partial charge in [-0.15, -0.1) is 0 Å².